The monoisotopic (exact) mass is 218 g/mol. The average Bonchev–Trinajstić information content (AvgIpc) is 2.71. The van der Waals surface area contributed by atoms with Crippen molar-refractivity contribution in [2.75, 3.05) is 13.1 Å². The first kappa shape index (κ1) is 10.6. The van der Waals surface area contributed by atoms with Gasteiger partial charge in [0.15, 0.2) is 0 Å². The fourth-order valence-corrected chi connectivity index (χ4v) is 1.58. The maximum absolute atomic E-state index is 11.8. The van der Waals surface area contributed by atoms with E-state index in [4.69, 9.17) is 5.73 Å². The molecule has 0 fully saturated rings. The first-order valence-corrected chi connectivity index (χ1v) is 5.14. The van der Waals surface area contributed by atoms with Gasteiger partial charge in [-0.1, -0.05) is 0 Å². The number of hydrogen-bond donors (Lipinski definition) is 2. The van der Waals surface area contributed by atoms with Crippen LogP contribution in [0.3, 0.4) is 0 Å². The molecular formula is C11H14N4O. The van der Waals surface area contributed by atoms with E-state index in [0.29, 0.717) is 18.7 Å². The molecule has 0 saturated carbocycles. The summed E-state index contributed by atoms with van der Waals surface area (Å²) in [6, 6.07) is 1.89. The molecule has 5 heteroatoms. The first-order valence-electron chi connectivity index (χ1n) is 5.14. The third-order valence-electron chi connectivity index (χ3n) is 2.41. The van der Waals surface area contributed by atoms with Crippen LogP contribution in [0.2, 0.25) is 0 Å². The van der Waals surface area contributed by atoms with E-state index in [9.17, 15) is 4.79 Å². The van der Waals surface area contributed by atoms with Gasteiger partial charge in [0.25, 0.3) is 5.91 Å². The van der Waals surface area contributed by atoms with Gasteiger partial charge in [-0.05, 0) is 18.6 Å². The molecule has 0 aromatic carbocycles. The second kappa shape index (κ2) is 4.32. The van der Waals surface area contributed by atoms with Crippen LogP contribution in [0.4, 0.5) is 0 Å². The van der Waals surface area contributed by atoms with Gasteiger partial charge in [-0.3, -0.25) is 4.79 Å². The number of amides is 1. The lowest BCUT2D eigenvalue weighted by atomic mass is 10.1. The van der Waals surface area contributed by atoms with Crippen molar-refractivity contribution in [3.63, 3.8) is 0 Å². The lowest BCUT2D eigenvalue weighted by Crippen LogP contribution is -2.29. The van der Waals surface area contributed by atoms with Crippen LogP contribution in [0.25, 0.3) is 5.65 Å². The van der Waals surface area contributed by atoms with Gasteiger partial charge < -0.3 is 15.5 Å². The molecule has 16 heavy (non-hydrogen) atoms. The molecule has 3 N–H and O–H groups in total. The van der Waals surface area contributed by atoms with E-state index < -0.39 is 0 Å². The summed E-state index contributed by atoms with van der Waals surface area (Å²) in [6.07, 6.45) is 5.30. The molecule has 0 atom stereocenters. The second-order valence-corrected chi connectivity index (χ2v) is 3.61. The highest BCUT2D eigenvalue weighted by atomic mass is 16.1. The molecule has 0 aliphatic rings. The zero-order valence-corrected chi connectivity index (χ0v) is 9.10. The number of nitrogens with one attached hydrogen (secondary N) is 1. The number of fused-ring (bicyclic) bond motifs is 1. The second-order valence-electron chi connectivity index (χ2n) is 3.61. The first-order chi connectivity index (χ1) is 7.72. The number of hydrogen-bond acceptors (Lipinski definition) is 3. The maximum atomic E-state index is 11.8. The minimum absolute atomic E-state index is 0.0986. The average molecular weight is 218 g/mol. The summed E-state index contributed by atoms with van der Waals surface area (Å²) in [7, 11) is 0. The van der Waals surface area contributed by atoms with Gasteiger partial charge in [0.05, 0.1) is 5.56 Å². The van der Waals surface area contributed by atoms with Gasteiger partial charge in [0.2, 0.25) is 0 Å². The number of nitrogens with two attached hydrogens (primary N) is 1. The summed E-state index contributed by atoms with van der Waals surface area (Å²) in [4.78, 5) is 15.9. The molecule has 0 aliphatic carbocycles. The molecular weight excluding hydrogens is 204 g/mol. The molecule has 0 spiro atoms. The zero-order chi connectivity index (χ0) is 11.5. The van der Waals surface area contributed by atoms with Gasteiger partial charge in [-0.2, -0.15) is 0 Å². The number of carbonyl (C=O) groups excluding carboxylic acids is 1. The summed E-state index contributed by atoms with van der Waals surface area (Å²) in [5.41, 5.74) is 7.74. The largest absolute Gasteiger partial charge is 0.351 e. The van der Waals surface area contributed by atoms with Crippen LogP contribution in [-0.4, -0.2) is 28.4 Å². The molecule has 2 aromatic rings. The van der Waals surface area contributed by atoms with Crippen molar-refractivity contribution < 1.29 is 4.79 Å². The zero-order valence-electron chi connectivity index (χ0n) is 9.10. The third kappa shape index (κ3) is 1.90. The minimum Gasteiger partial charge on any atom is -0.351 e. The topological polar surface area (TPSA) is 72.4 Å². The van der Waals surface area contributed by atoms with Gasteiger partial charge in [-0.15, -0.1) is 0 Å². The van der Waals surface area contributed by atoms with Crippen molar-refractivity contribution in [2.45, 2.75) is 6.92 Å². The predicted molar refractivity (Wildman–Crippen MR) is 61.3 cm³/mol. The molecule has 0 saturated heterocycles. The number of aromatic nitrogens is 2. The maximum Gasteiger partial charge on any atom is 0.253 e. The number of imidazole rings is 1. The van der Waals surface area contributed by atoms with Crippen molar-refractivity contribution >= 4 is 11.6 Å². The van der Waals surface area contributed by atoms with Gasteiger partial charge >= 0.3 is 0 Å². The van der Waals surface area contributed by atoms with Crippen LogP contribution in [0.15, 0.2) is 24.7 Å². The van der Waals surface area contributed by atoms with E-state index in [1.165, 1.54) is 0 Å². The van der Waals surface area contributed by atoms with Crippen LogP contribution < -0.4 is 11.1 Å². The Bertz CT molecular complexity index is 518. The Morgan fingerprint density at radius 3 is 3.19 bits per heavy atom. The Morgan fingerprint density at radius 1 is 1.62 bits per heavy atom. The highest BCUT2D eigenvalue weighted by Gasteiger charge is 2.09. The van der Waals surface area contributed by atoms with E-state index in [0.717, 1.165) is 11.2 Å². The van der Waals surface area contributed by atoms with E-state index in [-0.39, 0.29) is 5.91 Å². The third-order valence-corrected chi connectivity index (χ3v) is 2.41. The fourth-order valence-electron chi connectivity index (χ4n) is 1.58. The van der Waals surface area contributed by atoms with E-state index in [1.54, 1.807) is 12.4 Å². The lowest BCUT2D eigenvalue weighted by Gasteiger charge is -2.07. The lowest BCUT2D eigenvalue weighted by molar-refractivity contribution is 0.0953. The number of nitrogens with zero attached hydrogens (tertiary/aromatic N) is 2. The summed E-state index contributed by atoms with van der Waals surface area (Å²) >= 11 is 0. The van der Waals surface area contributed by atoms with Crippen LogP contribution >= 0.6 is 0 Å². The van der Waals surface area contributed by atoms with Crippen LogP contribution in [0.1, 0.15) is 15.9 Å². The highest BCUT2D eigenvalue weighted by Crippen LogP contribution is 2.11. The Kier molecular flexibility index (Phi) is 2.87. The molecule has 1 amide bonds. The van der Waals surface area contributed by atoms with Gasteiger partial charge in [0, 0.05) is 31.7 Å². The smallest absolute Gasteiger partial charge is 0.253 e. The van der Waals surface area contributed by atoms with Crippen molar-refractivity contribution in [1.82, 2.24) is 14.7 Å². The van der Waals surface area contributed by atoms with Crippen molar-refractivity contribution in [3.05, 3.63) is 35.8 Å². The normalized spacial score (nSPS) is 10.6. The number of aryl methyl sites for hydroxylation is 1. The number of rotatable bonds is 3. The molecule has 0 bridgehead atoms. The van der Waals surface area contributed by atoms with Crippen molar-refractivity contribution in [2.24, 2.45) is 5.73 Å². The van der Waals surface area contributed by atoms with E-state index in [2.05, 4.69) is 10.3 Å². The quantitative estimate of drug-likeness (QED) is 0.779. The van der Waals surface area contributed by atoms with Crippen LogP contribution in [0.5, 0.6) is 0 Å². The van der Waals surface area contributed by atoms with Gasteiger partial charge in [-0.25, -0.2) is 4.98 Å². The standard InChI is InChI=1S/C11H14N4O/c1-8-6-10-13-4-5-15(10)7-9(8)11(16)14-3-2-12/h4-7H,2-3,12H2,1H3,(H,14,16). The molecule has 2 aromatic heterocycles. The van der Waals surface area contributed by atoms with Crippen LogP contribution in [0, 0.1) is 6.92 Å². The Hall–Kier alpha value is -1.88. The molecule has 0 radical (unpaired) electrons. The van der Waals surface area contributed by atoms with E-state index in [1.807, 2.05) is 23.6 Å². The van der Waals surface area contributed by atoms with E-state index >= 15 is 0 Å². The summed E-state index contributed by atoms with van der Waals surface area (Å²) in [5.74, 6) is -0.0986. The summed E-state index contributed by atoms with van der Waals surface area (Å²) in [6.45, 7) is 2.82. The predicted octanol–water partition coefficient (Wildman–Crippen LogP) is 0.331. The molecule has 0 aliphatic heterocycles. The Morgan fingerprint density at radius 2 is 2.44 bits per heavy atom. The number of carbonyl (C=O) groups is 1. The van der Waals surface area contributed by atoms with Crippen LogP contribution in [-0.2, 0) is 0 Å². The summed E-state index contributed by atoms with van der Waals surface area (Å²) < 4.78 is 1.82. The Labute approximate surface area is 93.3 Å². The highest BCUT2D eigenvalue weighted by molar-refractivity contribution is 5.95. The summed E-state index contributed by atoms with van der Waals surface area (Å²) in [5, 5.41) is 2.75. The molecule has 2 rings (SSSR count). The number of pyridine rings is 1. The fraction of sp³-hybridized carbons (Fsp3) is 0.273. The molecule has 84 valence electrons. The molecule has 0 unspecified atom stereocenters. The van der Waals surface area contributed by atoms with Crippen molar-refractivity contribution in [1.29, 1.82) is 0 Å². The Balaban J connectivity index is 2.35. The van der Waals surface area contributed by atoms with Gasteiger partial charge in [0.1, 0.15) is 5.65 Å². The SMILES string of the molecule is Cc1cc2nccn2cc1C(=O)NCCN. The molecule has 5 nitrogen and oxygen atoms in total. The minimum atomic E-state index is -0.0986. The molecule has 2 heterocycles. The van der Waals surface area contributed by atoms with Crippen molar-refractivity contribution in [3.8, 4) is 0 Å².